The van der Waals surface area contributed by atoms with Gasteiger partial charge in [0, 0.05) is 10.4 Å². The Balaban J connectivity index is 1.58. The van der Waals surface area contributed by atoms with Gasteiger partial charge in [0.2, 0.25) is 5.91 Å². The van der Waals surface area contributed by atoms with Gasteiger partial charge in [-0.2, -0.15) is 5.10 Å². The molecule has 1 aromatic carbocycles. The molecule has 0 unspecified atom stereocenters. The van der Waals surface area contributed by atoms with Crippen molar-refractivity contribution in [2.45, 2.75) is 32.6 Å². The fourth-order valence-electron chi connectivity index (χ4n) is 3.68. The number of nitrogens with zero attached hydrogens (tertiary/aromatic N) is 1. The number of hydrogen-bond donors (Lipinski definition) is 1. The molecule has 20 heavy (non-hydrogen) atoms. The Morgan fingerprint density at radius 2 is 2.35 bits per heavy atom. The van der Waals surface area contributed by atoms with Crippen LogP contribution in [-0.4, -0.2) is 12.1 Å². The van der Waals surface area contributed by atoms with Gasteiger partial charge in [-0.05, 0) is 41.9 Å². The molecule has 2 saturated carbocycles. The third-order valence-corrected chi connectivity index (χ3v) is 5.34. The summed E-state index contributed by atoms with van der Waals surface area (Å²) in [5.41, 5.74) is 3.92. The number of halogens is 1. The molecule has 2 fully saturated rings. The van der Waals surface area contributed by atoms with Crippen LogP contribution in [0.2, 0.25) is 0 Å². The first-order valence-corrected chi connectivity index (χ1v) is 7.99. The molecule has 1 amide bonds. The number of fused-ring (bicyclic) bond motifs is 1. The first-order chi connectivity index (χ1) is 9.61. The first-order valence-electron chi connectivity index (χ1n) is 7.20. The highest BCUT2D eigenvalue weighted by Crippen LogP contribution is 2.66. The highest BCUT2D eigenvalue weighted by Gasteiger charge is 2.64. The molecular weight excluding hydrogens is 316 g/mol. The quantitative estimate of drug-likeness (QED) is 0.664. The Morgan fingerprint density at radius 3 is 3.05 bits per heavy atom. The second kappa shape index (κ2) is 5.32. The van der Waals surface area contributed by atoms with E-state index in [0.717, 1.165) is 10.0 Å². The number of rotatable bonds is 3. The lowest BCUT2D eigenvalue weighted by molar-refractivity contribution is -0.123. The van der Waals surface area contributed by atoms with E-state index < -0.39 is 0 Å². The van der Waals surface area contributed by atoms with E-state index in [1.165, 1.54) is 25.7 Å². The number of carbonyl (C=O) groups is 1. The summed E-state index contributed by atoms with van der Waals surface area (Å²) in [5, 5.41) is 4.09. The van der Waals surface area contributed by atoms with Gasteiger partial charge in [0.15, 0.2) is 0 Å². The number of nitrogens with one attached hydrogen (secondary N) is 1. The van der Waals surface area contributed by atoms with Crippen LogP contribution in [0, 0.1) is 17.3 Å². The highest BCUT2D eigenvalue weighted by molar-refractivity contribution is 9.10. The molecule has 0 aliphatic heterocycles. The topological polar surface area (TPSA) is 41.5 Å². The van der Waals surface area contributed by atoms with Crippen LogP contribution in [0.15, 0.2) is 33.8 Å². The molecule has 3 atom stereocenters. The SMILES string of the molecule is C[C@@]12CCCC[C@@H]1[C@@H]2C(=O)N/N=C\c1cccc(Br)c1. The number of benzene rings is 1. The molecular formula is C16H19BrN2O. The third kappa shape index (κ3) is 2.53. The van der Waals surface area contributed by atoms with Gasteiger partial charge in [-0.1, -0.05) is 47.8 Å². The first kappa shape index (κ1) is 13.8. The average Bonchev–Trinajstić information content (AvgIpc) is 3.04. The van der Waals surface area contributed by atoms with Crippen molar-refractivity contribution in [3.05, 3.63) is 34.3 Å². The van der Waals surface area contributed by atoms with E-state index in [1.54, 1.807) is 6.21 Å². The molecule has 0 bridgehead atoms. The van der Waals surface area contributed by atoms with E-state index in [4.69, 9.17) is 0 Å². The van der Waals surface area contributed by atoms with Gasteiger partial charge in [-0.15, -0.1) is 0 Å². The van der Waals surface area contributed by atoms with E-state index in [2.05, 4.69) is 33.4 Å². The van der Waals surface area contributed by atoms with E-state index in [1.807, 2.05) is 24.3 Å². The van der Waals surface area contributed by atoms with E-state index in [9.17, 15) is 4.79 Å². The van der Waals surface area contributed by atoms with Crippen LogP contribution < -0.4 is 5.43 Å². The maximum atomic E-state index is 12.2. The highest BCUT2D eigenvalue weighted by atomic mass is 79.9. The summed E-state index contributed by atoms with van der Waals surface area (Å²) in [6.07, 6.45) is 6.61. The Morgan fingerprint density at radius 1 is 1.50 bits per heavy atom. The van der Waals surface area contributed by atoms with Crippen molar-refractivity contribution in [1.82, 2.24) is 5.43 Å². The van der Waals surface area contributed by atoms with E-state index in [-0.39, 0.29) is 17.2 Å². The van der Waals surface area contributed by atoms with Crippen LogP contribution in [0.4, 0.5) is 0 Å². The summed E-state index contributed by atoms with van der Waals surface area (Å²) in [5.74, 6) is 0.840. The second-order valence-corrected chi connectivity index (χ2v) is 7.04. The number of carbonyl (C=O) groups excluding carboxylic acids is 1. The lowest BCUT2D eigenvalue weighted by atomic mass is 9.90. The van der Waals surface area contributed by atoms with E-state index >= 15 is 0 Å². The lowest BCUT2D eigenvalue weighted by Gasteiger charge is -2.15. The fourth-order valence-corrected chi connectivity index (χ4v) is 4.09. The molecule has 1 aromatic rings. The molecule has 4 heteroatoms. The van der Waals surface area contributed by atoms with Gasteiger partial charge in [-0.25, -0.2) is 5.43 Å². The largest absolute Gasteiger partial charge is 0.273 e. The molecule has 0 heterocycles. The molecule has 0 aromatic heterocycles. The summed E-state index contributed by atoms with van der Waals surface area (Å²) < 4.78 is 1.01. The van der Waals surface area contributed by atoms with Crippen molar-refractivity contribution < 1.29 is 4.79 Å². The summed E-state index contributed by atoms with van der Waals surface area (Å²) >= 11 is 3.42. The Kier molecular flexibility index (Phi) is 3.67. The molecule has 2 aliphatic carbocycles. The predicted molar refractivity (Wildman–Crippen MR) is 83.4 cm³/mol. The average molecular weight is 335 g/mol. The molecule has 2 aliphatic rings. The van der Waals surface area contributed by atoms with Crippen LogP contribution in [0.25, 0.3) is 0 Å². The van der Waals surface area contributed by atoms with Crippen molar-refractivity contribution in [3.8, 4) is 0 Å². The minimum atomic E-state index is 0.0886. The van der Waals surface area contributed by atoms with Gasteiger partial charge in [0.1, 0.15) is 0 Å². The van der Waals surface area contributed by atoms with Gasteiger partial charge in [0.05, 0.1) is 6.21 Å². The number of hydrazone groups is 1. The summed E-state index contributed by atoms with van der Waals surface area (Å²) in [7, 11) is 0. The fraction of sp³-hybridized carbons (Fsp3) is 0.500. The van der Waals surface area contributed by atoms with Crippen molar-refractivity contribution in [1.29, 1.82) is 0 Å². The maximum Gasteiger partial charge on any atom is 0.244 e. The Bertz CT molecular complexity index is 557. The summed E-state index contributed by atoms with van der Waals surface area (Å²) in [4.78, 5) is 12.2. The van der Waals surface area contributed by atoms with Crippen molar-refractivity contribution in [2.75, 3.05) is 0 Å². The van der Waals surface area contributed by atoms with Crippen LogP contribution >= 0.6 is 15.9 Å². The molecule has 0 radical (unpaired) electrons. The second-order valence-electron chi connectivity index (χ2n) is 6.13. The van der Waals surface area contributed by atoms with Crippen molar-refractivity contribution >= 4 is 28.1 Å². The van der Waals surface area contributed by atoms with Gasteiger partial charge >= 0.3 is 0 Å². The molecule has 106 valence electrons. The van der Waals surface area contributed by atoms with Crippen molar-refractivity contribution in [3.63, 3.8) is 0 Å². The number of amides is 1. The van der Waals surface area contributed by atoms with Gasteiger partial charge in [-0.3, -0.25) is 4.79 Å². The monoisotopic (exact) mass is 334 g/mol. The van der Waals surface area contributed by atoms with Crippen LogP contribution in [0.3, 0.4) is 0 Å². The minimum Gasteiger partial charge on any atom is -0.273 e. The Hall–Kier alpha value is -1.16. The third-order valence-electron chi connectivity index (χ3n) is 4.85. The van der Waals surface area contributed by atoms with Crippen LogP contribution in [-0.2, 0) is 4.79 Å². The van der Waals surface area contributed by atoms with Crippen molar-refractivity contribution in [2.24, 2.45) is 22.4 Å². The molecule has 0 saturated heterocycles. The maximum absolute atomic E-state index is 12.2. The summed E-state index contributed by atoms with van der Waals surface area (Å²) in [6, 6.07) is 7.84. The smallest absolute Gasteiger partial charge is 0.244 e. The molecule has 0 spiro atoms. The standard InChI is InChI=1S/C16H19BrN2O/c1-16-8-3-2-7-13(16)14(16)15(20)19-18-10-11-5-4-6-12(17)9-11/h4-6,9-10,13-14H,2-3,7-8H2,1H3,(H,19,20)/b18-10-/t13-,14-,16-/m1/s1. The minimum absolute atomic E-state index is 0.0886. The Labute approximate surface area is 128 Å². The van der Waals surface area contributed by atoms with Gasteiger partial charge < -0.3 is 0 Å². The molecule has 1 N–H and O–H groups in total. The zero-order chi connectivity index (χ0) is 14.2. The summed E-state index contributed by atoms with van der Waals surface area (Å²) in [6.45, 7) is 2.25. The normalized spacial score (nSPS) is 31.9. The van der Waals surface area contributed by atoms with E-state index in [0.29, 0.717) is 5.92 Å². The molecule has 3 nitrogen and oxygen atoms in total. The van der Waals surface area contributed by atoms with Gasteiger partial charge in [0.25, 0.3) is 0 Å². The zero-order valence-electron chi connectivity index (χ0n) is 11.6. The molecule has 3 rings (SSSR count). The number of hydrogen-bond acceptors (Lipinski definition) is 2. The predicted octanol–water partition coefficient (Wildman–Crippen LogP) is 3.73. The lowest BCUT2D eigenvalue weighted by Crippen LogP contribution is -2.22. The zero-order valence-corrected chi connectivity index (χ0v) is 13.2. The van der Waals surface area contributed by atoms with Crippen LogP contribution in [0.5, 0.6) is 0 Å². The van der Waals surface area contributed by atoms with Crippen LogP contribution in [0.1, 0.15) is 38.2 Å².